The van der Waals surface area contributed by atoms with Gasteiger partial charge in [0.25, 0.3) is 0 Å². The summed E-state index contributed by atoms with van der Waals surface area (Å²) in [5.74, 6) is 0.0860. The van der Waals surface area contributed by atoms with E-state index in [1.807, 2.05) is 6.07 Å². The van der Waals surface area contributed by atoms with Crippen LogP contribution in [0.2, 0.25) is 5.02 Å². The highest BCUT2D eigenvalue weighted by molar-refractivity contribution is 6.31. The van der Waals surface area contributed by atoms with Crippen molar-refractivity contribution >= 4 is 23.2 Å². The molecule has 14 heavy (non-hydrogen) atoms. The molecule has 0 bridgehead atoms. The highest BCUT2D eigenvalue weighted by atomic mass is 35.5. The number of carbonyl (C=O) groups excluding carboxylic acids is 1. The number of anilines is 1. The summed E-state index contributed by atoms with van der Waals surface area (Å²) in [6, 6.07) is 5.43. The van der Waals surface area contributed by atoms with Crippen LogP contribution in [0.25, 0.3) is 0 Å². The number of carbonyl (C=O) groups is 1. The fourth-order valence-electron chi connectivity index (χ4n) is 1.67. The molecule has 1 saturated heterocycles. The Morgan fingerprint density at radius 2 is 2.29 bits per heavy atom. The van der Waals surface area contributed by atoms with Crippen LogP contribution in [-0.4, -0.2) is 5.91 Å². The van der Waals surface area contributed by atoms with Crippen molar-refractivity contribution in [2.24, 2.45) is 0 Å². The Hall–Kier alpha value is -1.22. The van der Waals surface area contributed by atoms with Gasteiger partial charge in [-0.25, -0.2) is 0 Å². The van der Waals surface area contributed by atoms with Crippen LogP contribution in [0, 0.1) is 0 Å². The molecule has 1 aromatic carbocycles. The third kappa shape index (κ3) is 1.68. The highest BCUT2D eigenvalue weighted by Gasteiger charge is 2.23. The van der Waals surface area contributed by atoms with Gasteiger partial charge in [0.05, 0.1) is 6.04 Å². The molecule has 0 spiro atoms. The summed E-state index contributed by atoms with van der Waals surface area (Å²) in [6.07, 6.45) is 1.38. The lowest BCUT2D eigenvalue weighted by Gasteiger charge is -2.12. The lowest BCUT2D eigenvalue weighted by atomic mass is 10.1. The van der Waals surface area contributed by atoms with E-state index in [1.165, 1.54) is 0 Å². The van der Waals surface area contributed by atoms with E-state index in [0.29, 0.717) is 17.1 Å². The topological polar surface area (TPSA) is 55.1 Å². The number of amides is 1. The van der Waals surface area contributed by atoms with Crippen molar-refractivity contribution in [3.8, 4) is 0 Å². The minimum absolute atomic E-state index is 0.0515. The molecular formula is C10H11ClN2O. The highest BCUT2D eigenvalue weighted by Crippen LogP contribution is 2.30. The van der Waals surface area contributed by atoms with Gasteiger partial charge in [-0.1, -0.05) is 17.7 Å². The minimum Gasteiger partial charge on any atom is -0.399 e. The van der Waals surface area contributed by atoms with Gasteiger partial charge in [-0.2, -0.15) is 0 Å². The zero-order valence-electron chi connectivity index (χ0n) is 7.59. The van der Waals surface area contributed by atoms with E-state index in [0.717, 1.165) is 12.0 Å². The van der Waals surface area contributed by atoms with E-state index in [-0.39, 0.29) is 11.9 Å². The van der Waals surface area contributed by atoms with E-state index in [4.69, 9.17) is 17.3 Å². The van der Waals surface area contributed by atoms with Crippen LogP contribution in [0.4, 0.5) is 5.69 Å². The van der Waals surface area contributed by atoms with Gasteiger partial charge in [0.15, 0.2) is 0 Å². The summed E-state index contributed by atoms with van der Waals surface area (Å²) in [6.45, 7) is 0. The molecule has 3 nitrogen and oxygen atoms in total. The first-order valence-electron chi connectivity index (χ1n) is 4.51. The summed E-state index contributed by atoms with van der Waals surface area (Å²) in [4.78, 5) is 11.0. The van der Waals surface area contributed by atoms with Gasteiger partial charge in [0, 0.05) is 17.1 Å². The predicted molar refractivity (Wildman–Crippen MR) is 56.0 cm³/mol. The minimum atomic E-state index is 0.0515. The number of benzene rings is 1. The number of nitrogens with two attached hydrogens (primary N) is 1. The lowest BCUT2D eigenvalue weighted by molar-refractivity contribution is -0.119. The second kappa shape index (κ2) is 3.50. The molecule has 2 rings (SSSR count). The largest absolute Gasteiger partial charge is 0.399 e. The maximum absolute atomic E-state index is 11.0. The quantitative estimate of drug-likeness (QED) is 0.696. The van der Waals surface area contributed by atoms with Gasteiger partial charge in [0.2, 0.25) is 5.91 Å². The van der Waals surface area contributed by atoms with Crippen molar-refractivity contribution in [1.82, 2.24) is 5.32 Å². The fraction of sp³-hybridized carbons (Fsp3) is 0.300. The SMILES string of the molecule is Nc1ccc([C@H]2CCC(=O)N2)c(Cl)c1. The van der Waals surface area contributed by atoms with Crippen molar-refractivity contribution in [1.29, 1.82) is 0 Å². The molecule has 3 N–H and O–H groups in total. The van der Waals surface area contributed by atoms with Gasteiger partial charge in [0.1, 0.15) is 0 Å². The van der Waals surface area contributed by atoms with Crippen LogP contribution >= 0.6 is 11.6 Å². The van der Waals surface area contributed by atoms with E-state index >= 15 is 0 Å². The van der Waals surface area contributed by atoms with E-state index in [1.54, 1.807) is 12.1 Å². The first-order valence-corrected chi connectivity index (χ1v) is 4.89. The van der Waals surface area contributed by atoms with Crippen molar-refractivity contribution in [3.63, 3.8) is 0 Å². The molecule has 0 aromatic heterocycles. The smallest absolute Gasteiger partial charge is 0.220 e. The van der Waals surface area contributed by atoms with Crippen LogP contribution in [0.1, 0.15) is 24.4 Å². The third-order valence-corrected chi connectivity index (χ3v) is 2.72. The predicted octanol–water partition coefficient (Wildman–Crippen LogP) is 1.87. The Morgan fingerprint density at radius 3 is 2.86 bits per heavy atom. The average Bonchev–Trinajstić information content (AvgIpc) is 2.51. The molecule has 1 aliphatic rings. The van der Waals surface area contributed by atoms with Gasteiger partial charge in [-0.15, -0.1) is 0 Å². The molecular weight excluding hydrogens is 200 g/mol. The van der Waals surface area contributed by atoms with Gasteiger partial charge >= 0.3 is 0 Å². The van der Waals surface area contributed by atoms with Crippen LogP contribution < -0.4 is 11.1 Å². The molecule has 1 heterocycles. The van der Waals surface area contributed by atoms with Gasteiger partial charge in [-0.3, -0.25) is 4.79 Å². The fourth-order valence-corrected chi connectivity index (χ4v) is 1.99. The molecule has 1 amide bonds. The number of nitrogen functional groups attached to an aromatic ring is 1. The van der Waals surface area contributed by atoms with Crippen molar-refractivity contribution in [3.05, 3.63) is 28.8 Å². The molecule has 1 fully saturated rings. The van der Waals surface area contributed by atoms with E-state index < -0.39 is 0 Å². The van der Waals surface area contributed by atoms with Crippen molar-refractivity contribution in [2.75, 3.05) is 5.73 Å². The first kappa shape index (κ1) is 9.34. The number of halogens is 1. The summed E-state index contributed by atoms with van der Waals surface area (Å²) in [5.41, 5.74) is 7.17. The Balaban J connectivity index is 2.28. The Labute approximate surface area is 87.2 Å². The second-order valence-corrected chi connectivity index (χ2v) is 3.85. The number of hydrogen-bond donors (Lipinski definition) is 2. The first-order chi connectivity index (χ1) is 6.66. The van der Waals surface area contributed by atoms with Gasteiger partial charge in [-0.05, 0) is 24.1 Å². The molecule has 1 aliphatic heterocycles. The summed E-state index contributed by atoms with van der Waals surface area (Å²) < 4.78 is 0. The molecule has 0 saturated carbocycles. The molecule has 74 valence electrons. The van der Waals surface area contributed by atoms with Crippen molar-refractivity contribution < 1.29 is 4.79 Å². The van der Waals surface area contributed by atoms with Crippen LogP contribution in [0.15, 0.2) is 18.2 Å². The summed E-state index contributed by atoms with van der Waals surface area (Å²) in [5, 5.41) is 3.49. The zero-order chi connectivity index (χ0) is 10.1. The standard InChI is InChI=1S/C10H11ClN2O/c11-8-5-6(12)1-2-7(8)9-3-4-10(14)13-9/h1-2,5,9H,3-4,12H2,(H,13,14)/t9-/m1/s1. The molecule has 0 aliphatic carbocycles. The molecule has 0 unspecified atom stereocenters. The third-order valence-electron chi connectivity index (χ3n) is 2.40. The van der Waals surface area contributed by atoms with Crippen molar-refractivity contribution in [2.45, 2.75) is 18.9 Å². The normalized spacial score (nSPS) is 20.9. The average molecular weight is 211 g/mol. The van der Waals surface area contributed by atoms with Crippen LogP contribution in [0.5, 0.6) is 0 Å². The molecule has 1 atom stereocenters. The Kier molecular flexibility index (Phi) is 2.33. The summed E-state index contributed by atoms with van der Waals surface area (Å²) in [7, 11) is 0. The molecule has 0 radical (unpaired) electrons. The lowest BCUT2D eigenvalue weighted by Crippen LogP contribution is -2.18. The number of hydrogen-bond acceptors (Lipinski definition) is 2. The van der Waals surface area contributed by atoms with Gasteiger partial charge < -0.3 is 11.1 Å². The molecule has 1 aromatic rings. The summed E-state index contributed by atoms with van der Waals surface area (Å²) >= 11 is 6.03. The van der Waals surface area contributed by atoms with E-state index in [9.17, 15) is 4.79 Å². The Morgan fingerprint density at radius 1 is 1.50 bits per heavy atom. The molecule has 4 heteroatoms. The van der Waals surface area contributed by atoms with Crippen LogP contribution in [0.3, 0.4) is 0 Å². The maximum Gasteiger partial charge on any atom is 0.220 e. The monoisotopic (exact) mass is 210 g/mol. The zero-order valence-corrected chi connectivity index (χ0v) is 8.34. The number of rotatable bonds is 1. The van der Waals surface area contributed by atoms with E-state index in [2.05, 4.69) is 5.32 Å². The van der Waals surface area contributed by atoms with Crippen LogP contribution in [-0.2, 0) is 4.79 Å². The Bertz CT molecular complexity index is 378. The maximum atomic E-state index is 11.0. The second-order valence-electron chi connectivity index (χ2n) is 3.44. The number of nitrogens with one attached hydrogen (secondary N) is 1.